The zero-order valence-electron chi connectivity index (χ0n) is 25.4. The highest BCUT2D eigenvalue weighted by molar-refractivity contribution is 6.24. The van der Waals surface area contributed by atoms with E-state index in [1.807, 2.05) is 24.3 Å². The number of hydrogen-bond donors (Lipinski definition) is 5. The fourth-order valence-electron chi connectivity index (χ4n) is 8.11. The second-order valence-corrected chi connectivity index (χ2v) is 13.0. The third kappa shape index (κ3) is 4.55. The van der Waals surface area contributed by atoms with Crippen LogP contribution in [0.3, 0.4) is 0 Å². The Morgan fingerprint density at radius 2 is 1.65 bits per heavy atom. The quantitative estimate of drug-likeness (QED) is 0.309. The molecule has 0 aliphatic heterocycles. The summed E-state index contributed by atoms with van der Waals surface area (Å²) in [5.41, 5.74) is 0.817. The van der Waals surface area contributed by atoms with Crippen molar-refractivity contribution >= 4 is 17.5 Å². The average molecular weight is 642 g/mol. The number of nitrogens with two attached hydrogens (primary N) is 1. The van der Waals surface area contributed by atoms with E-state index in [1.54, 1.807) is 11.9 Å². The lowest BCUT2D eigenvalue weighted by atomic mass is 9.58. The summed E-state index contributed by atoms with van der Waals surface area (Å²) >= 11 is 0. The Bertz CT molecular complexity index is 1740. The minimum absolute atomic E-state index is 0.0846. The molecule has 10 nitrogen and oxygen atoms in total. The lowest BCUT2D eigenvalue weighted by Crippen LogP contribution is -2.63. The van der Waals surface area contributed by atoms with Crippen LogP contribution in [0.1, 0.15) is 44.6 Å². The van der Waals surface area contributed by atoms with Gasteiger partial charge in [0.1, 0.15) is 22.8 Å². The zero-order valence-corrected chi connectivity index (χ0v) is 25.4. The van der Waals surface area contributed by atoms with Gasteiger partial charge in [0.15, 0.2) is 11.4 Å². The van der Waals surface area contributed by atoms with Crippen LogP contribution >= 0.6 is 0 Å². The van der Waals surface area contributed by atoms with Gasteiger partial charge >= 0.3 is 6.18 Å². The molecule has 0 heterocycles. The van der Waals surface area contributed by atoms with Gasteiger partial charge in [-0.3, -0.25) is 24.2 Å². The molecule has 0 spiro atoms. The molecule has 0 aromatic heterocycles. The number of hydrogen-bond acceptors (Lipinski definition) is 9. The van der Waals surface area contributed by atoms with Gasteiger partial charge in [0.05, 0.1) is 17.2 Å². The molecule has 2 aromatic carbocycles. The molecule has 2 aromatic rings. The summed E-state index contributed by atoms with van der Waals surface area (Å²) < 4.78 is 44.7. The highest BCUT2D eigenvalue weighted by Crippen LogP contribution is 2.54. The molecule has 244 valence electrons. The summed E-state index contributed by atoms with van der Waals surface area (Å²) in [7, 11) is 4.65. The topological polar surface area (TPSA) is 165 Å². The largest absolute Gasteiger partial charge is 0.510 e. The van der Waals surface area contributed by atoms with E-state index in [1.165, 1.54) is 19.0 Å². The number of nitrogens with zero attached hydrogens (tertiary/aromatic N) is 2. The summed E-state index contributed by atoms with van der Waals surface area (Å²) in [6, 6.07) is 7.36. The van der Waals surface area contributed by atoms with Gasteiger partial charge in [0.25, 0.3) is 5.91 Å². The van der Waals surface area contributed by atoms with E-state index in [0.717, 1.165) is 17.2 Å². The number of rotatable bonds is 5. The van der Waals surface area contributed by atoms with Crippen molar-refractivity contribution in [3.8, 4) is 5.75 Å². The van der Waals surface area contributed by atoms with Crippen LogP contribution in [0.4, 0.5) is 13.2 Å². The fourth-order valence-corrected chi connectivity index (χ4v) is 8.11. The molecule has 4 aliphatic carbocycles. The van der Waals surface area contributed by atoms with Crippen molar-refractivity contribution in [2.75, 3.05) is 21.1 Å². The van der Waals surface area contributed by atoms with E-state index in [9.17, 15) is 48.0 Å². The predicted molar refractivity (Wildman–Crippen MR) is 158 cm³/mol. The highest BCUT2D eigenvalue weighted by atomic mass is 19.4. The summed E-state index contributed by atoms with van der Waals surface area (Å²) in [5.74, 6) is -9.05. The van der Waals surface area contributed by atoms with Crippen LogP contribution < -0.4 is 5.73 Å². The number of fused-ring (bicyclic) bond motifs is 4. The molecule has 0 saturated heterocycles. The molecule has 0 unspecified atom stereocenters. The molecule has 46 heavy (non-hydrogen) atoms. The Hall–Kier alpha value is -4.20. The van der Waals surface area contributed by atoms with Crippen molar-refractivity contribution < 1.29 is 48.0 Å². The summed E-state index contributed by atoms with van der Waals surface area (Å²) in [6.45, 7) is -0.171. The molecule has 6 N–H and O–H groups in total. The van der Waals surface area contributed by atoms with Gasteiger partial charge in [-0.25, -0.2) is 0 Å². The van der Waals surface area contributed by atoms with Gasteiger partial charge < -0.3 is 26.2 Å². The van der Waals surface area contributed by atoms with Gasteiger partial charge in [-0.2, -0.15) is 13.2 Å². The number of likely N-dealkylation sites (N-methyl/N-ethyl adjacent to an activating group) is 2. The van der Waals surface area contributed by atoms with Gasteiger partial charge in [-0.1, -0.05) is 24.3 Å². The molecule has 13 heteroatoms. The minimum atomic E-state index is -4.92. The maximum Gasteiger partial charge on any atom is 0.417 e. The number of alkyl halides is 3. The molecular formula is C33H34F3N3O7. The molecule has 0 fully saturated rings. The van der Waals surface area contributed by atoms with Crippen LogP contribution in [-0.2, 0) is 41.6 Å². The molecule has 4 aliphatic rings. The third-order valence-electron chi connectivity index (χ3n) is 10.2. The van der Waals surface area contributed by atoms with Crippen LogP contribution in [0.25, 0.3) is 0 Å². The Morgan fingerprint density at radius 3 is 2.20 bits per heavy atom. The first-order valence-corrected chi connectivity index (χ1v) is 14.8. The first kappa shape index (κ1) is 31.8. The summed E-state index contributed by atoms with van der Waals surface area (Å²) in [6.07, 6.45) is -4.39. The number of carbonyl (C=O) groups excluding carboxylic acids is 3. The third-order valence-corrected chi connectivity index (χ3v) is 10.2. The van der Waals surface area contributed by atoms with Gasteiger partial charge in [-0.05, 0) is 81.1 Å². The molecule has 1 amide bonds. The van der Waals surface area contributed by atoms with Crippen LogP contribution in [0.15, 0.2) is 53.0 Å². The maximum absolute atomic E-state index is 14.9. The van der Waals surface area contributed by atoms with E-state index >= 15 is 0 Å². The summed E-state index contributed by atoms with van der Waals surface area (Å²) in [4.78, 5) is 42.6. The lowest BCUT2D eigenvalue weighted by molar-refractivity contribution is -0.148. The SMILES string of the molecule is CN(Cc1cc(O)c2c(c1C(F)(F)F)C[C@H]1C[C@H]3[C@H](N(C)C)C(O)=C(C(N)=O)C(=O)[C@@]3(O)C(O)=C1C2=O)C1Cc2ccccc2C1. The van der Waals surface area contributed by atoms with Crippen molar-refractivity contribution in [2.24, 2.45) is 17.6 Å². The maximum atomic E-state index is 14.9. The molecule has 0 bridgehead atoms. The Kier molecular flexibility index (Phi) is 7.37. The van der Waals surface area contributed by atoms with Crippen LogP contribution in [0.5, 0.6) is 5.75 Å². The van der Waals surface area contributed by atoms with Gasteiger partial charge in [0, 0.05) is 24.1 Å². The van der Waals surface area contributed by atoms with Gasteiger partial charge in [0.2, 0.25) is 5.78 Å². The van der Waals surface area contributed by atoms with E-state index in [-0.39, 0.29) is 24.6 Å². The fraction of sp³-hybridized carbons (Fsp3) is 0.424. The number of aromatic hydroxyl groups is 1. The van der Waals surface area contributed by atoms with Crippen LogP contribution in [0.2, 0.25) is 0 Å². The van der Waals surface area contributed by atoms with Crippen molar-refractivity contribution in [2.45, 2.75) is 56.1 Å². The first-order chi connectivity index (χ1) is 21.5. The zero-order chi connectivity index (χ0) is 33.6. The van der Waals surface area contributed by atoms with Crippen molar-refractivity contribution in [1.29, 1.82) is 0 Å². The van der Waals surface area contributed by atoms with Gasteiger partial charge in [-0.15, -0.1) is 0 Å². The average Bonchev–Trinajstić information content (AvgIpc) is 3.38. The van der Waals surface area contributed by atoms with Crippen molar-refractivity contribution in [3.05, 3.63) is 86.4 Å². The Morgan fingerprint density at radius 1 is 1.04 bits per heavy atom. The van der Waals surface area contributed by atoms with Crippen LogP contribution in [0, 0.1) is 11.8 Å². The molecule has 6 rings (SSSR count). The number of aliphatic hydroxyl groups is 3. The lowest BCUT2D eigenvalue weighted by Gasteiger charge is -2.50. The molecule has 0 radical (unpaired) electrons. The number of halogens is 3. The Labute approximate surface area is 262 Å². The number of phenolic OH excluding ortho intramolecular Hbond substituents is 1. The monoisotopic (exact) mass is 641 g/mol. The smallest absolute Gasteiger partial charge is 0.417 e. The van der Waals surface area contributed by atoms with E-state index < -0.39 is 98.7 Å². The van der Waals surface area contributed by atoms with Crippen molar-refractivity contribution in [1.82, 2.24) is 9.80 Å². The predicted octanol–water partition coefficient (Wildman–Crippen LogP) is 2.74. The minimum Gasteiger partial charge on any atom is -0.510 e. The number of allylic oxidation sites excluding steroid dienone is 1. The summed E-state index contributed by atoms with van der Waals surface area (Å²) in [5, 5.41) is 45.1. The molecule has 0 saturated carbocycles. The number of primary amides is 1. The van der Waals surface area contributed by atoms with Crippen molar-refractivity contribution in [3.63, 3.8) is 0 Å². The highest BCUT2D eigenvalue weighted by Gasteiger charge is 2.63. The number of aliphatic hydroxyl groups excluding tert-OH is 2. The van der Waals surface area contributed by atoms with E-state index in [0.29, 0.717) is 12.8 Å². The van der Waals surface area contributed by atoms with E-state index in [2.05, 4.69) is 0 Å². The standard InChI is InChI=1S/C33H34F3N3O7/c1-38(2)26-20-11-16-10-19-23(27(41)22(16)29(43)32(20,46)30(44)24(28(26)42)31(37)45)21(40)12-17(25(19)33(34,35)36)13-39(3)18-8-14-6-4-5-7-15(14)9-18/h4-7,12,16,18,20,26,40,42-43,46H,8-11,13H2,1-3H3,(H2,37,45)/t16-,20-,26-,32-/m0/s1. The second-order valence-electron chi connectivity index (χ2n) is 13.0. The number of phenols is 1. The van der Waals surface area contributed by atoms with Crippen LogP contribution in [-0.4, -0.2) is 86.5 Å². The number of benzene rings is 2. The number of ketones is 2. The number of carbonyl (C=O) groups is 3. The number of Topliss-reactive ketones (excluding diaryl/α,β-unsaturated/α-hetero) is 2. The second kappa shape index (κ2) is 10.7. The molecular weight excluding hydrogens is 607 g/mol. The van der Waals surface area contributed by atoms with E-state index in [4.69, 9.17) is 5.73 Å². The normalized spacial score (nSPS) is 26.4. The number of amides is 1. The first-order valence-electron chi connectivity index (χ1n) is 14.8. The molecule has 4 atom stereocenters. The Balaban J connectivity index is 1.45.